The Hall–Kier alpha value is -5.88. The number of nitrogens with zero attached hydrogens (tertiary/aromatic N) is 4. The van der Waals surface area contributed by atoms with Gasteiger partial charge in [-0.2, -0.15) is 10.5 Å². The van der Waals surface area contributed by atoms with Crippen molar-refractivity contribution in [1.82, 2.24) is 9.13 Å². The minimum absolute atomic E-state index is 0.598. The maximum atomic E-state index is 9.60. The fourth-order valence-electron chi connectivity index (χ4n) is 6.68. The van der Waals surface area contributed by atoms with E-state index >= 15 is 0 Å². The first kappa shape index (κ1) is 23.8. The summed E-state index contributed by atoms with van der Waals surface area (Å²) in [6.45, 7) is 0. The predicted molar refractivity (Wildman–Crippen MR) is 177 cm³/mol. The third kappa shape index (κ3) is 3.35. The van der Waals surface area contributed by atoms with Crippen LogP contribution in [0.4, 0.5) is 0 Å². The Bertz CT molecular complexity index is 2630. The number of para-hydroxylation sites is 1. The SMILES string of the molecule is N#Cc1ccc2c(c1)c1cc(C#N)ccc1n2-c1cccc(-n2c3ccccc3c3cc4c(cc32)sc2ccccc24)c1. The van der Waals surface area contributed by atoms with E-state index in [1.807, 2.05) is 47.7 Å². The Balaban J connectivity index is 1.34. The molecule has 0 aliphatic carbocycles. The van der Waals surface area contributed by atoms with Crippen molar-refractivity contribution in [1.29, 1.82) is 10.5 Å². The number of benzene rings is 6. The van der Waals surface area contributed by atoms with Crippen LogP contribution in [0.15, 0.2) is 121 Å². The van der Waals surface area contributed by atoms with Crippen molar-refractivity contribution in [3.05, 3.63) is 132 Å². The van der Waals surface area contributed by atoms with E-state index in [0.29, 0.717) is 11.1 Å². The quantitative estimate of drug-likeness (QED) is 0.210. The van der Waals surface area contributed by atoms with E-state index in [9.17, 15) is 10.5 Å². The van der Waals surface area contributed by atoms with Crippen LogP contribution in [-0.2, 0) is 0 Å². The van der Waals surface area contributed by atoms with Gasteiger partial charge in [0, 0.05) is 53.1 Å². The fourth-order valence-corrected chi connectivity index (χ4v) is 7.80. The van der Waals surface area contributed by atoms with Gasteiger partial charge in [0.15, 0.2) is 0 Å². The van der Waals surface area contributed by atoms with Crippen molar-refractivity contribution < 1.29 is 0 Å². The van der Waals surface area contributed by atoms with Gasteiger partial charge in [0.25, 0.3) is 0 Å². The van der Waals surface area contributed by atoms with Crippen molar-refractivity contribution in [3.8, 4) is 23.5 Å². The Morgan fingerprint density at radius 3 is 1.70 bits per heavy atom. The van der Waals surface area contributed by atoms with E-state index in [-0.39, 0.29) is 0 Å². The number of rotatable bonds is 2. The first-order chi connectivity index (χ1) is 21.2. The van der Waals surface area contributed by atoms with Crippen LogP contribution >= 0.6 is 11.3 Å². The zero-order valence-electron chi connectivity index (χ0n) is 22.7. The highest BCUT2D eigenvalue weighted by Crippen LogP contribution is 2.41. The maximum absolute atomic E-state index is 9.60. The number of hydrogen-bond donors (Lipinski definition) is 0. The summed E-state index contributed by atoms with van der Waals surface area (Å²) in [5.41, 5.74) is 7.61. The normalized spacial score (nSPS) is 11.7. The summed E-state index contributed by atoms with van der Waals surface area (Å²) in [6.07, 6.45) is 0. The van der Waals surface area contributed by atoms with Gasteiger partial charge in [-0.1, -0.05) is 42.5 Å². The monoisotopic (exact) mass is 564 g/mol. The molecule has 0 saturated heterocycles. The first-order valence-electron chi connectivity index (χ1n) is 14.1. The molecule has 0 aliphatic rings. The molecule has 0 amide bonds. The van der Waals surface area contributed by atoms with E-state index < -0.39 is 0 Å². The maximum Gasteiger partial charge on any atom is 0.0991 e. The number of hydrogen-bond acceptors (Lipinski definition) is 3. The molecule has 9 aromatic rings. The zero-order valence-corrected chi connectivity index (χ0v) is 23.6. The molecule has 3 heterocycles. The predicted octanol–water partition coefficient (Wildman–Crippen LogP) is 9.99. The van der Waals surface area contributed by atoms with Gasteiger partial charge in [-0.15, -0.1) is 11.3 Å². The smallest absolute Gasteiger partial charge is 0.0991 e. The lowest BCUT2D eigenvalue weighted by molar-refractivity contribution is 1.13. The summed E-state index contributed by atoms with van der Waals surface area (Å²) in [7, 11) is 0. The van der Waals surface area contributed by atoms with Crippen molar-refractivity contribution in [3.63, 3.8) is 0 Å². The molecule has 0 atom stereocenters. The van der Waals surface area contributed by atoms with Crippen LogP contribution in [0, 0.1) is 22.7 Å². The van der Waals surface area contributed by atoms with Crippen LogP contribution in [0.3, 0.4) is 0 Å². The van der Waals surface area contributed by atoms with Crippen LogP contribution in [0.1, 0.15) is 11.1 Å². The molecule has 0 spiro atoms. The standard InChI is InChI=1S/C38H20N4S/c39-21-23-12-14-34-29(16-23)30-17-24(22-40)13-15-35(30)41(34)25-6-5-7-26(18-25)42-33-10-3-1-8-27(33)31-19-32-28-9-2-4-11-37(28)43-38(32)20-36(31)42/h1-20H. The van der Waals surface area contributed by atoms with Gasteiger partial charge < -0.3 is 9.13 Å². The number of nitriles is 2. The summed E-state index contributed by atoms with van der Waals surface area (Å²) in [5, 5.41) is 26.2. The molecule has 3 aromatic heterocycles. The van der Waals surface area contributed by atoms with Gasteiger partial charge in [-0.25, -0.2) is 0 Å². The van der Waals surface area contributed by atoms with E-state index in [4.69, 9.17) is 0 Å². The summed E-state index contributed by atoms with van der Waals surface area (Å²) < 4.78 is 7.17. The van der Waals surface area contributed by atoms with Gasteiger partial charge >= 0.3 is 0 Å². The van der Waals surface area contributed by atoms with Crippen molar-refractivity contribution in [2.75, 3.05) is 0 Å². The summed E-state index contributed by atoms with van der Waals surface area (Å²) in [4.78, 5) is 0. The number of fused-ring (bicyclic) bond motifs is 9. The lowest BCUT2D eigenvalue weighted by Gasteiger charge is -2.13. The highest BCUT2D eigenvalue weighted by molar-refractivity contribution is 7.25. The molecule has 0 aliphatic heterocycles. The number of thiophene rings is 1. The van der Waals surface area contributed by atoms with Gasteiger partial charge in [-0.3, -0.25) is 0 Å². The largest absolute Gasteiger partial charge is 0.309 e. The Kier molecular flexibility index (Phi) is 4.87. The average molecular weight is 565 g/mol. The van der Waals surface area contributed by atoms with Gasteiger partial charge in [-0.05, 0) is 78.9 Å². The summed E-state index contributed by atoms with van der Waals surface area (Å²) in [6, 6.07) is 46.7. The second kappa shape index (κ2) is 8.81. The van der Waals surface area contributed by atoms with Crippen molar-refractivity contribution in [2.45, 2.75) is 0 Å². The van der Waals surface area contributed by atoms with Gasteiger partial charge in [0.05, 0.1) is 45.3 Å². The van der Waals surface area contributed by atoms with Crippen LogP contribution in [-0.4, -0.2) is 9.13 Å². The molecule has 0 unspecified atom stereocenters. The summed E-state index contributed by atoms with van der Waals surface area (Å²) in [5.74, 6) is 0. The fraction of sp³-hybridized carbons (Fsp3) is 0. The second-order valence-electron chi connectivity index (χ2n) is 10.9. The molecular formula is C38H20N4S. The molecule has 0 fully saturated rings. The van der Waals surface area contributed by atoms with Gasteiger partial charge in [0.1, 0.15) is 0 Å². The van der Waals surface area contributed by atoms with Crippen molar-refractivity contribution in [2.24, 2.45) is 0 Å². The van der Waals surface area contributed by atoms with Crippen LogP contribution in [0.25, 0.3) is 75.2 Å². The Morgan fingerprint density at radius 2 is 1.00 bits per heavy atom. The Morgan fingerprint density at radius 1 is 0.419 bits per heavy atom. The van der Waals surface area contributed by atoms with E-state index in [2.05, 4.69) is 106 Å². The molecular weight excluding hydrogens is 545 g/mol. The first-order valence-corrected chi connectivity index (χ1v) is 14.9. The lowest BCUT2D eigenvalue weighted by Crippen LogP contribution is -1.98. The molecule has 9 rings (SSSR count). The van der Waals surface area contributed by atoms with E-state index in [1.165, 1.54) is 36.5 Å². The highest BCUT2D eigenvalue weighted by Gasteiger charge is 2.18. The molecule has 43 heavy (non-hydrogen) atoms. The zero-order chi connectivity index (χ0) is 28.7. The minimum atomic E-state index is 0.598. The van der Waals surface area contributed by atoms with Crippen LogP contribution < -0.4 is 0 Å². The number of aromatic nitrogens is 2. The molecule has 4 nitrogen and oxygen atoms in total. The molecule has 5 heteroatoms. The van der Waals surface area contributed by atoms with E-state index in [0.717, 1.165) is 38.7 Å². The van der Waals surface area contributed by atoms with Gasteiger partial charge in [0.2, 0.25) is 0 Å². The van der Waals surface area contributed by atoms with Crippen LogP contribution in [0.2, 0.25) is 0 Å². The third-order valence-corrected chi connectivity index (χ3v) is 9.67. The second-order valence-corrected chi connectivity index (χ2v) is 11.9. The summed E-state index contributed by atoms with van der Waals surface area (Å²) >= 11 is 1.84. The van der Waals surface area contributed by atoms with Crippen LogP contribution in [0.5, 0.6) is 0 Å². The molecule has 0 radical (unpaired) electrons. The van der Waals surface area contributed by atoms with Crippen molar-refractivity contribution >= 4 is 75.1 Å². The minimum Gasteiger partial charge on any atom is -0.309 e. The average Bonchev–Trinajstić information content (AvgIpc) is 3.70. The topological polar surface area (TPSA) is 57.4 Å². The molecule has 6 aromatic carbocycles. The lowest BCUT2D eigenvalue weighted by atomic mass is 10.1. The molecule has 0 N–H and O–H groups in total. The Labute approximate surface area is 250 Å². The molecule has 0 bridgehead atoms. The highest BCUT2D eigenvalue weighted by atomic mass is 32.1. The molecule has 198 valence electrons. The third-order valence-electron chi connectivity index (χ3n) is 8.54. The van der Waals surface area contributed by atoms with E-state index in [1.54, 1.807) is 0 Å². The molecule has 0 saturated carbocycles.